The second kappa shape index (κ2) is 11.1. The molecular weight excluding hydrogens is 481 g/mol. The van der Waals surface area contributed by atoms with E-state index in [-0.39, 0.29) is 23.3 Å². The first kappa shape index (κ1) is 25.0. The smallest absolute Gasteiger partial charge is 0.337 e. The lowest BCUT2D eigenvalue weighted by Crippen LogP contribution is -2.39. The van der Waals surface area contributed by atoms with Crippen LogP contribution in [0, 0.1) is 5.82 Å². The normalized spacial score (nSPS) is 15.2. The van der Waals surface area contributed by atoms with Crippen LogP contribution in [0.1, 0.15) is 22.3 Å². The van der Waals surface area contributed by atoms with E-state index in [1.54, 1.807) is 29.2 Å². The van der Waals surface area contributed by atoms with Crippen LogP contribution in [0.25, 0.3) is 0 Å². The molecular formula is C27H24FN3O4S. The molecule has 1 aliphatic heterocycles. The van der Waals surface area contributed by atoms with E-state index in [1.807, 2.05) is 30.3 Å². The first-order chi connectivity index (χ1) is 17.4. The van der Waals surface area contributed by atoms with Crippen molar-refractivity contribution in [3.63, 3.8) is 0 Å². The van der Waals surface area contributed by atoms with Gasteiger partial charge >= 0.3 is 5.97 Å². The summed E-state index contributed by atoms with van der Waals surface area (Å²) in [6.45, 7) is 0.429. The summed E-state index contributed by atoms with van der Waals surface area (Å²) in [5.41, 5.74) is 2.35. The minimum atomic E-state index is -0.819. The lowest BCUT2D eigenvalue weighted by molar-refractivity contribution is -0.124. The molecule has 0 aromatic heterocycles. The molecule has 9 heteroatoms. The monoisotopic (exact) mass is 505 g/mol. The third-order valence-corrected chi connectivity index (χ3v) is 6.27. The zero-order valence-corrected chi connectivity index (χ0v) is 20.3. The average Bonchev–Trinajstić information content (AvgIpc) is 3.12. The van der Waals surface area contributed by atoms with Crippen molar-refractivity contribution in [1.29, 1.82) is 0 Å². The molecule has 0 radical (unpaired) electrons. The molecule has 36 heavy (non-hydrogen) atoms. The largest absolute Gasteiger partial charge is 0.465 e. The standard InChI is InChI=1S/C27H24FN3O4S/c1-35-26(34)19-7-11-21(12-8-19)29-24(32)17-23-25(33)31(22-13-9-20(28)10-14-22)27(36)30(23)16-15-18-5-3-2-4-6-18/h2-14,23H,15-17H2,1H3,(H,29,32)/t23-/m0/s1. The topological polar surface area (TPSA) is 78.9 Å². The summed E-state index contributed by atoms with van der Waals surface area (Å²) in [7, 11) is 1.29. The van der Waals surface area contributed by atoms with E-state index < -0.39 is 17.8 Å². The summed E-state index contributed by atoms with van der Waals surface area (Å²) in [6.07, 6.45) is 0.489. The second-order valence-electron chi connectivity index (χ2n) is 8.20. The number of rotatable bonds is 8. The van der Waals surface area contributed by atoms with Crippen molar-refractivity contribution in [3.05, 3.63) is 95.8 Å². The van der Waals surface area contributed by atoms with Crippen molar-refractivity contribution in [2.75, 3.05) is 23.9 Å². The molecule has 3 aromatic rings. The van der Waals surface area contributed by atoms with Gasteiger partial charge in [-0.15, -0.1) is 0 Å². The van der Waals surface area contributed by atoms with Gasteiger partial charge in [0.2, 0.25) is 5.91 Å². The van der Waals surface area contributed by atoms with Gasteiger partial charge in [0, 0.05) is 12.2 Å². The van der Waals surface area contributed by atoms with Crippen LogP contribution < -0.4 is 10.2 Å². The quantitative estimate of drug-likeness (QED) is 0.366. The van der Waals surface area contributed by atoms with Crippen LogP contribution in [-0.4, -0.2) is 47.5 Å². The minimum absolute atomic E-state index is 0.135. The molecule has 184 valence electrons. The summed E-state index contributed by atoms with van der Waals surface area (Å²) in [6, 6.07) is 20.7. The van der Waals surface area contributed by atoms with E-state index in [2.05, 4.69) is 10.1 Å². The number of hydrogen-bond acceptors (Lipinski definition) is 5. The highest BCUT2D eigenvalue weighted by Gasteiger charge is 2.43. The number of benzene rings is 3. The van der Waals surface area contributed by atoms with Crippen molar-refractivity contribution < 1.29 is 23.5 Å². The van der Waals surface area contributed by atoms with Crippen LogP contribution >= 0.6 is 12.2 Å². The Morgan fingerprint density at radius 2 is 1.67 bits per heavy atom. The zero-order valence-electron chi connectivity index (χ0n) is 19.5. The number of amides is 2. The summed E-state index contributed by atoms with van der Waals surface area (Å²) in [4.78, 5) is 41.1. The van der Waals surface area contributed by atoms with Gasteiger partial charge in [-0.3, -0.25) is 14.5 Å². The summed E-state index contributed by atoms with van der Waals surface area (Å²) in [5.74, 6) is -1.64. The van der Waals surface area contributed by atoms with Gasteiger partial charge in [-0.05, 0) is 72.7 Å². The number of carbonyl (C=O) groups excluding carboxylic acids is 3. The highest BCUT2D eigenvalue weighted by Crippen LogP contribution is 2.28. The maximum Gasteiger partial charge on any atom is 0.337 e. The number of nitrogens with one attached hydrogen (secondary N) is 1. The Kier molecular flexibility index (Phi) is 7.70. The van der Waals surface area contributed by atoms with Crippen molar-refractivity contribution in [2.24, 2.45) is 0 Å². The van der Waals surface area contributed by atoms with Gasteiger partial charge in [-0.1, -0.05) is 30.3 Å². The van der Waals surface area contributed by atoms with E-state index in [1.165, 1.54) is 36.3 Å². The summed E-state index contributed by atoms with van der Waals surface area (Å²) < 4.78 is 18.2. The number of ether oxygens (including phenoxy) is 1. The van der Waals surface area contributed by atoms with Crippen LogP contribution in [-0.2, 0) is 20.7 Å². The molecule has 3 aromatic carbocycles. The Morgan fingerprint density at radius 3 is 2.31 bits per heavy atom. The van der Waals surface area contributed by atoms with E-state index in [0.29, 0.717) is 29.9 Å². The molecule has 1 aliphatic rings. The molecule has 1 saturated heterocycles. The predicted molar refractivity (Wildman–Crippen MR) is 138 cm³/mol. The average molecular weight is 506 g/mol. The number of carbonyl (C=O) groups is 3. The maximum atomic E-state index is 13.5. The van der Waals surface area contributed by atoms with E-state index in [9.17, 15) is 18.8 Å². The number of anilines is 2. The molecule has 0 unspecified atom stereocenters. The molecule has 0 spiro atoms. The van der Waals surface area contributed by atoms with Gasteiger partial charge in [-0.25, -0.2) is 9.18 Å². The Labute approximate surface area is 213 Å². The van der Waals surface area contributed by atoms with Gasteiger partial charge in [-0.2, -0.15) is 0 Å². The van der Waals surface area contributed by atoms with Crippen LogP contribution in [0.15, 0.2) is 78.9 Å². The summed E-state index contributed by atoms with van der Waals surface area (Å²) in [5, 5.41) is 3.03. The first-order valence-corrected chi connectivity index (χ1v) is 11.7. The first-order valence-electron chi connectivity index (χ1n) is 11.3. The highest BCUT2D eigenvalue weighted by atomic mass is 32.1. The van der Waals surface area contributed by atoms with Crippen LogP contribution in [0.5, 0.6) is 0 Å². The Balaban J connectivity index is 1.52. The number of esters is 1. The van der Waals surface area contributed by atoms with Gasteiger partial charge in [0.05, 0.1) is 24.8 Å². The number of nitrogens with zero attached hydrogens (tertiary/aromatic N) is 2. The number of hydrogen-bond donors (Lipinski definition) is 1. The van der Waals surface area contributed by atoms with Crippen LogP contribution in [0.3, 0.4) is 0 Å². The molecule has 1 atom stereocenters. The molecule has 2 amide bonds. The molecule has 4 rings (SSSR count). The maximum absolute atomic E-state index is 13.5. The second-order valence-corrected chi connectivity index (χ2v) is 8.56. The minimum Gasteiger partial charge on any atom is -0.465 e. The highest BCUT2D eigenvalue weighted by molar-refractivity contribution is 7.80. The Bertz CT molecular complexity index is 1270. The Hall–Kier alpha value is -4.11. The fraction of sp³-hybridized carbons (Fsp3) is 0.185. The Morgan fingerprint density at radius 1 is 1.00 bits per heavy atom. The zero-order chi connectivity index (χ0) is 25.7. The lowest BCUT2D eigenvalue weighted by atomic mass is 10.1. The molecule has 1 fully saturated rings. The van der Waals surface area contributed by atoms with Crippen molar-refractivity contribution in [1.82, 2.24) is 4.90 Å². The predicted octanol–water partition coefficient (Wildman–Crippen LogP) is 4.19. The molecule has 0 bridgehead atoms. The third-order valence-electron chi connectivity index (χ3n) is 5.86. The number of halogens is 1. The van der Waals surface area contributed by atoms with Gasteiger partial charge in [0.15, 0.2) is 5.11 Å². The van der Waals surface area contributed by atoms with E-state index in [4.69, 9.17) is 12.2 Å². The number of methoxy groups -OCH3 is 1. The molecule has 7 nitrogen and oxygen atoms in total. The third kappa shape index (κ3) is 5.58. The SMILES string of the molecule is COC(=O)c1ccc(NC(=O)C[C@H]2C(=O)N(c3ccc(F)cc3)C(=S)N2CCc2ccccc2)cc1. The lowest BCUT2D eigenvalue weighted by Gasteiger charge is -2.24. The fourth-order valence-corrected chi connectivity index (χ4v) is 4.42. The van der Waals surface area contributed by atoms with Crippen molar-refractivity contribution >= 4 is 46.5 Å². The molecule has 0 aliphatic carbocycles. The van der Waals surface area contributed by atoms with Gasteiger partial charge in [0.1, 0.15) is 11.9 Å². The number of thiocarbonyl (C=S) groups is 1. The van der Waals surface area contributed by atoms with E-state index in [0.717, 1.165) is 5.56 Å². The molecule has 0 saturated carbocycles. The van der Waals surface area contributed by atoms with Gasteiger partial charge < -0.3 is 15.0 Å². The van der Waals surface area contributed by atoms with Crippen molar-refractivity contribution in [2.45, 2.75) is 18.9 Å². The van der Waals surface area contributed by atoms with E-state index >= 15 is 0 Å². The molecule has 1 N–H and O–H groups in total. The van der Waals surface area contributed by atoms with Crippen molar-refractivity contribution in [3.8, 4) is 0 Å². The summed E-state index contributed by atoms with van der Waals surface area (Å²) >= 11 is 5.64. The van der Waals surface area contributed by atoms with Crippen LogP contribution in [0.2, 0.25) is 0 Å². The fourth-order valence-electron chi connectivity index (χ4n) is 4.00. The molecule has 1 heterocycles. The van der Waals surface area contributed by atoms with Gasteiger partial charge in [0.25, 0.3) is 5.91 Å². The van der Waals surface area contributed by atoms with Crippen LogP contribution in [0.4, 0.5) is 15.8 Å².